The molecule has 200 valence electrons. The molecule has 0 unspecified atom stereocenters. The van der Waals surface area contributed by atoms with Gasteiger partial charge in [-0.25, -0.2) is 0 Å². The molecule has 0 spiro atoms. The van der Waals surface area contributed by atoms with E-state index in [1.54, 1.807) is 30.3 Å². The van der Waals surface area contributed by atoms with Gasteiger partial charge in [0.25, 0.3) is 0 Å². The van der Waals surface area contributed by atoms with Gasteiger partial charge < -0.3 is 9.50 Å². The van der Waals surface area contributed by atoms with Crippen molar-refractivity contribution in [3.63, 3.8) is 0 Å². The monoisotopic (exact) mass is 597 g/mol. The smallest absolute Gasteiger partial charge is 0.339 e. The van der Waals surface area contributed by atoms with Crippen LogP contribution in [0, 0.1) is 17.8 Å². The fourth-order valence-corrected chi connectivity index (χ4v) is 7.39. The second-order valence-electron chi connectivity index (χ2n) is 12.3. The average molecular weight is 599 g/mol. The zero-order valence-electron chi connectivity index (χ0n) is 22.3. The Morgan fingerprint density at radius 3 is 1.87 bits per heavy atom. The van der Waals surface area contributed by atoms with Gasteiger partial charge in [0.2, 0.25) is 0 Å². The van der Waals surface area contributed by atoms with E-state index in [2.05, 4.69) is 48.9 Å². The molecule has 5 rings (SSSR count). The molecule has 3 aliphatic rings. The van der Waals surface area contributed by atoms with Gasteiger partial charge in [-0.3, -0.25) is 9.59 Å². The maximum atomic E-state index is 13.5. The van der Waals surface area contributed by atoms with Gasteiger partial charge in [0.05, 0.1) is 4.47 Å². The highest BCUT2D eigenvalue weighted by molar-refractivity contribution is 9.10. The highest BCUT2D eigenvalue weighted by Gasteiger charge is 2.46. The molecule has 0 radical (unpaired) electrons. The zero-order chi connectivity index (χ0) is 27.6. The predicted molar refractivity (Wildman–Crippen MR) is 149 cm³/mol. The molecule has 0 aromatic heterocycles. The number of allylic oxidation sites excluding steroid dienone is 4. The molecule has 0 fully saturated rings. The first-order valence-corrected chi connectivity index (χ1v) is 15.0. The number of Topliss-reactive ketones (excluding diaryl/α,β-unsaturated/α-hetero) is 2. The lowest BCUT2D eigenvalue weighted by molar-refractivity contribution is -0.119. The third kappa shape index (κ3) is 5.00. The van der Waals surface area contributed by atoms with Gasteiger partial charge in [-0.15, -0.1) is 0 Å². The Kier molecular flexibility index (Phi) is 6.50. The van der Waals surface area contributed by atoms with Crippen LogP contribution in [0.1, 0.15) is 70.4 Å². The largest absolute Gasteiger partial charge is 0.378 e. The summed E-state index contributed by atoms with van der Waals surface area (Å²) in [5.74, 6) is -0.293. The van der Waals surface area contributed by atoms with E-state index >= 15 is 0 Å². The molecule has 0 saturated carbocycles. The van der Waals surface area contributed by atoms with E-state index in [9.17, 15) is 18.0 Å². The van der Waals surface area contributed by atoms with Crippen molar-refractivity contribution in [2.75, 3.05) is 0 Å². The zero-order valence-corrected chi connectivity index (χ0v) is 24.7. The van der Waals surface area contributed by atoms with E-state index < -0.39 is 16.0 Å². The summed E-state index contributed by atoms with van der Waals surface area (Å²) in [5.41, 5.74) is 4.40. The molecule has 1 N–H and O–H groups in total. The van der Waals surface area contributed by atoms with E-state index in [1.807, 2.05) is 6.92 Å². The molecule has 0 amide bonds. The third-order valence-corrected chi connectivity index (χ3v) is 9.39. The minimum atomic E-state index is -4.04. The van der Waals surface area contributed by atoms with E-state index in [1.165, 1.54) is 12.1 Å². The van der Waals surface area contributed by atoms with Gasteiger partial charge in [-0.2, -0.15) is 8.42 Å². The molecule has 8 heteroatoms. The van der Waals surface area contributed by atoms with Crippen LogP contribution in [0.15, 0.2) is 74.4 Å². The molecule has 6 nitrogen and oxygen atoms in total. The standard InChI is InChI=1S/C30H32BrNO5S/c1-17-6-9-19(10-7-17)38(35,36)37-25-11-8-18(12-20(25)31)26-27-21(13-29(2,3)15-23(27)33)32-22-14-30(4,5)16-24(34)28(22)26/h6-12,26,32H,13-16H2,1-5H3. The van der Waals surface area contributed by atoms with Crippen molar-refractivity contribution >= 4 is 37.6 Å². The number of dihydropyridines is 1. The Labute approximate surface area is 232 Å². The Morgan fingerprint density at radius 1 is 0.842 bits per heavy atom. The van der Waals surface area contributed by atoms with Gasteiger partial charge in [-0.05, 0) is 76.4 Å². The number of hydrogen-bond donors (Lipinski definition) is 1. The molecular formula is C30H32BrNO5S. The molecular weight excluding hydrogens is 566 g/mol. The summed E-state index contributed by atoms with van der Waals surface area (Å²) in [6.07, 6.45) is 2.24. The maximum Gasteiger partial charge on any atom is 0.339 e. The van der Waals surface area contributed by atoms with Crippen LogP contribution in [-0.2, 0) is 19.7 Å². The quantitative estimate of drug-likeness (QED) is 0.405. The molecule has 38 heavy (non-hydrogen) atoms. The summed E-state index contributed by atoms with van der Waals surface area (Å²) < 4.78 is 31.7. The van der Waals surface area contributed by atoms with Crippen LogP contribution in [0.5, 0.6) is 5.75 Å². The molecule has 0 atom stereocenters. The third-order valence-electron chi connectivity index (χ3n) is 7.52. The number of halogens is 1. The van der Waals surface area contributed by atoms with Crippen molar-refractivity contribution in [3.05, 3.63) is 80.6 Å². The Bertz CT molecular complexity index is 1480. The minimum Gasteiger partial charge on any atom is -0.378 e. The molecule has 0 bridgehead atoms. The fraction of sp³-hybridized carbons (Fsp3) is 0.400. The average Bonchev–Trinajstić information content (AvgIpc) is 2.77. The van der Waals surface area contributed by atoms with Crippen molar-refractivity contribution in [3.8, 4) is 5.75 Å². The summed E-state index contributed by atoms with van der Waals surface area (Å²) in [7, 11) is -4.04. The molecule has 2 aromatic carbocycles. The first-order valence-electron chi connectivity index (χ1n) is 12.8. The van der Waals surface area contributed by atoms with Crippen LogP contribution in [0.3, 0.4) is 0 Å². The van der Waals surface area contributed by atoms with Gasteiger partial charge >= 0.3 is 10.1 Å². The van der Waals surface area contributed by atoms with Crippen molar-refractivity contribution in [2.45, 2.75) is 71.1 Å². The lowest BCUT2D eigenvalue weighted by atomic mass is 9.64. The van der Waals surface area contributed by atoms with Crippen LogP contribution in [0.25, 0.3) is 0 Å². The van der Waals surface area contributed by atoms with Crippen molar-refractivity contribution in [2.24, 2.45) is 10.8 Å². The molecule has 1 aliphatic heterocycles. The number of carbonyl (C=O) groups is 2. The van der Waals surface area contributed by atoms with Crippen LogP contribution in [-0.4, -0.2) is 20.0 Å². The summed E-state index contributed by atoms with van der Waals surface area (Å²) in [6, 6.07) is 11.6. The summed E-state index contributed by atoms with van der Waals surface area (Å²) in [5, 5.41) is 3.51. The fourth-order valence-electron chi connectivity index (χ4n) is 5.86. The topological polar surface area (TPSA) is 89.5 Å². The number of ketones is 2. The Morgan fingerprint density at radius 2 is 1.37 bits per heavy atom. The number of aryl methyl sites for hydroxylation is 1. The number of nitrogens with one attached hydrogen (secondary N) is 1. The lowest BCUT2D eigenvalue weighted by Crippen LogP contribution is -2.42. The maximum absolute atomic E-state index is 13.5. The second kappa shape index (κ2) is 9.19. The van der Waals surface area contributed by atoms with E-state index in [-0.39, 0.29) is 33.0 Å². The minimum absolute atomic E-state index is 0.0383. The van der Waals surface area contributed by atoms with Crippen molar-refractivity contribution in [1.29, 1.82) is 0 Å². The first-order chi connectivity index (χ1) is 17.7. The van der Waals surface area contributed by atoms with Crippen LogP contribution >= 0.6 is 15.9 Å². The van der Waals surface area contributed by atoms with Crippen LogP contribution < -0.4 is 9.50 Å². The van der Waals surface area contributed by atoms with E-state index in [0.717, 1.165) is 22.5 Å². The highest BCUT2D eigenvalue weighted by Crippen LogP contribution is 2.51. The number of hydrogen-bond acceptors (Lipinski definition) is 6. The summed E-state index contributed by atoms with van der Waals surface area (Å²) in [4.78, 5) is 27.1. The Balaban J connectivity index is 1.57. The normalized spacial score (nSPS) is 21.1. The van der Waals surface area contributed by atoms with E-state index in [4.69, 9.17) is 4.18 Å². The molecule has 0 saturated heterocycles. The summed E-state index contributed by atoms with van der Waals surface area (Å²) >= 11 is 3.49. The number of carbonyl (C=O) groups excluding carboxylic acids is 2. The highest BCUT2D eigenvalue weighted by atomic mass is 79.9. The number of rotatable bonds is 4. The number of benzene rings is 2. The Hall–Kier alpha value is -2.71. The van der Waals surface area contributed by atoms with Gasteiger partial charge in [-0.1, -0.05) is 51.5 Å². The predicted octanol–water partition coefficient (Wildman–Crippen LogP) is 6.50. The summed E-state index contributed by atoms with van der Waals surface area (Å²) in [6.45, 7) is 10.2. The van der Waals surface area contributed by atoms with Crippen LogP contribution in [0.4, 0.5) is 0 Å². The molecule has 2 aromatic rings. The second-order valence-corrected chi connectivity index (χ2v) is 14.7. The first kappa shape index (κ1) is 26.9. The van der Waals surface area contributed by atoms with Gasteiger partial charge in [0.1, 0.15) is 4.90 Å². The molecule has 1 heterocycles. The molecule has 2 aliphatic carbocycles. The van der Waals surface area contributed by atoms with Crippen LogP contribution in [0.2, 0.25) is 0 Å². The van der Waals surface area contributed by atoms with Crippen molar-refractivity contribution < 1.29 is 22.2 Å². The van der Waals surface area contributed by atoms with Gasteiger partial charge in [0.15, 0.2) is 17.3 Å². The van der Waals surface area contributed by atoms with Gasteiger partial charge in [0, 0.05) is 41.3 Å². The van der Waals surface area contributed by atoms with E-state index in [0.29, 0.717) is 41.3 Å². The van der Waals surface area contributed by atoms with Crippen molar-refractivity contribution in [1.82, 2.24) is 5.32 Å². The SMILES string of the molecule is Cc1ccc(S(=O)(=O)Oc2ccc(C3C4=C(CC(C)(C)CC4=O)NC4=C3C(=O)CC(C)(C)C4)cc2Br)cc1. The lowest BCUT2D eigenvalue weighted by Gasteiger charge is -2.44.